The van der Waals surface area contributed by atoms with Gasteiger partial charge in [-0.2, -0.15) is 0 Å². The Hall–Kier alpha value is -0.760. The van der Waals surface area contributed by atoms with E-state index in [0.29, 0.717) is 0 Å². The molecule has 1 aromatic heterocycles. The van der Waals surface area contributed by atoms with E-state index in [1.54, 1.807) is 0 Å². The molecule has 0 amide bonds. The molecule has 2 aromatic rings. The van der Waals surface area contributed by atoms with Gasteiger partial charge < -0.3 is 0 Å². The molecule has 96 valence electrons. The van der Waals surface area contributed by atoms with Crippen LogP contribution in [0.15, 0.2) is 45.1 Å². The summed E-state index contributed by atoms with van der Waals surface area (Å²) in [7, 11) is -3.67. The van der Waals surface area contributed by atoms with Gasteiger partial charge in [-0.3, -0.25) is 0 Å². The van der Waals surface area contributed by atoms with Crippen molar-refractivity contribution < 1.29 is 12.8 Å². The summed E-state index contributed by atoms with van der Waals surface area (Å²) in [6, 6.07) is 6.75. The Labute approximate surface area is 117 Å². The molecule has 0 radical (unpaired) electrons. The van der Waals surface area contributed by atoms with E-state index < -0.39 is 15.8 Å². The standard InChI is InChI=1S/C11H9BrFNO2S2/c12-8-4-10(17-7-8)6-14-18(15,16)11-3-1-2-9(13)5-11/h1-5,7,14H,6H2. The molecule has 0 saturated heterocycles. The van der Waals surface area contributed by atoms with Crippen molar-refractivity contribution in [2.45, 2.75) is 11.4 Å². The molecule has 1 heterocycles. The molecule has 0 spiro atoms. The van der Waals surface area contributed by atoms with Gasteiger partial charge in [0.1, 0.15) is 5.82 Å². The van der Waals surface area contributed by atoms with Gasteiger partial charge in [-0.15, -0.1) is 11.3 Å². The molecule has 18 heavy (non-hydrogen) atoms. The van der Waals surface area contributed by atoms with Gasteiger partial charge in [0.15, 0.2) is 0 Å². The topological polar surface area (TPSA) is 46.2 Å². The summed E-state index contributed by atoms with van der Waals surface area (Å²) >= 11 is 4.73. The summed E-state index contributed by atoms with van der Waals surface area (Å²) in [6.45, 7) is 0.190. The molecule has 0 aliphatic rings. The normalized spacial score (nSPS) is 11.7. The van der Waals surface area contributed by atoms with Gasteiger partial charge in [-0.25, -0.2) is 17.5 Å². The third-order valence-electron chi connectivity index (χ3n) is 2.16. The molecule has 0 bridgehead atoms. The van der Waals surface area contributed by atoms with Crippen LogP contribution in [0.5, 0.6) is 0 Å². The van der Waals surface area contributed by atoms with Crippen LogP contribution >= 0.6 is 27.3 Å². The Kier molecular flexibility index (Phi) is 4.16. The second kappa shape index (κ2) is 5.48. The van der Waals surface area contributed by atoms with E-state index in [1.165, 1.54) is 29.5 Å². The number of hydrogen-bond acceptors (Lipinski definition) is 3. The third-order valence-corrected chi connectivity index (χ3v) is 5.26. The lowest BCUT2D eigenvalue weighted by atomic mass is 10.4. The maximum absolute atomic E-state index is 13.0. The molecule has 0 atom stereocenters. The first-order chi connectivity index (χ1) is 8.47. The number of benzene rings is 1. The van der Waals surface area contributed by atoms with Gasteiger partial charge in [-0.1, -0.05) is 6.07 Å². The second-order valence-electron chi connectivity index (χ2n) is 3.51. The van der Waals surface area contributed by atoms with E-state index in [9.17, 15) is 12.8 Å². The maximum atomic E-state index is 13.0. The van der Waals surface area contributed by atoms with E-state index >= 15 is 0 Å². The van der Waals surface area contributed by atoms with Gasteiger partial charge in [0.25, 0.3) is 0 Å². The van der Waals surface area contributed by atoms with Crippen molar-refractivity contribution >= 4 is 37.3 Å². The lowest BCUT2D eigenvalue weighted by molar-refractivity contribution is 0.578. The van der Waals surface area contributed by atoms with Gasteiger partial charge in [-0.05, 0) is 40.2 Å². The van der Waals surface area contributed by atoms with Crippen LogP contribution in [0.2, 0.25) is 0 Å². The molecule has 0 unspecified atom stereocenters. The van der Waals surface area contributed by atoms with Crippen LogP contribution in [0.1, 0.15) is 4.88 Å². The summed E-state index contributed by atoms with van der Waals surface area (Å²) < 4.78 is 40.1. The van der Waals surface area contributed by atoms with Crippen LogP contribution in [-0.4, -0.2) is 8.42 Å². The van der Waals surface area contributed by atoms with E-state index in [4.69, 9.17) is 0 Å². The zero-order valence-electron chi connectivity index (χ0n) is 9.06. The van der Waals surface area contributed by atoms with Crippen molar-refractivity contribution in [3.63, 3.8) is 0 Å². The maximum Gasteiger partial charge on any atom is 0.240 e. The minimum Gasteiger partial charge on any atom is -0.207 e. The highest BCUT2D eigenvalue weighted by molar-refractivity contribution is 9.10. The minimum absolute atomic E-state index is 0.0712. The predicted octanol–water partition coefficient (Wildman–Crippen LogP) is 3.13. The number of thiophene rings is 1. The Bertz CT molecular complexity index is 655. The summed E-state index contributed by atoms with van der Waals surface area (Å²) in [5.74, 6) is -0.572. The van der Waals surface area contributed by atoms with Gasteiger partial charge in [0, 0.05) is 21.3 Å². The largest absolute Gasteiger partial charge is 0.240 e. The van der Waals surface area contributed by atoms with Crippen molar-refractivity contribution in [1.29, 1.82) is 0 Å². The quantitative estimate of drug-likeness (QED) is 0.921. The Morgan fingerprint density at radius 2 is 2.11 bits per heavy atom. The predicted molar refractivity (Wildman–Crippen MR) is 72.4 cm³/mol. The smallest absolute Gasteiger partial charge is 0.207 e. The van der Waals surface area contributed by atoms with Gasteiger partial charge >= 0.3 is 0 Å². The van der Waals surface area contributed by atoms with Crippen molar-refractivity contribution in [1.82, 2.24) is 4.72 Å². The van der Waals surface area contributed by atoms with Crippen molar-refractivity contribution in [2.24, 2.45) is 0 Å². The Morgan fingerprint density at radius 1 is 1.33 bits per heavy atom. The Morgan fingerprint density at radius 3 is 2.72 bits per heavy atom. The number of halogens is 2. The van der Waals surface area contributed by atoms with Crippen molar-refractivity contribution in [2.75, 3.05) is 0 Å². The first-order valence-corrected chi connectivity index (χ1v) is 8.11. The first kappa shape index (κ1) is 13.7. The fourth-order valence-electron chi connectivity index (χ4n) is 1.33. The second-order valence-corrected chi connectivity index (χ2v) is 7.19. The fraction of sp³-hybridized carbons (Fsp3) is 0.0909. The number of nitrogens with one attached hydrogen (secondary N) is 1. The summed E-state index contributed by atoms with van der Waals surface area (Å²) in [5, 5.41) is 1.87. The average molecular weight is 350 g/mol. The summed E-state index contributed by atoms with van der Waals surface area (Å²) in [6.07, 6.45) is 0. The molecule has 0 aliphatic carbocycles. The highest BCUT2D eigenvalue weighted by Crippen LogP contribution is 2.20. The highest BCUT2D eigenvalue weighted by Gasteiger charge is 2.14. The van der Waals surface area contributed by atoms with E-state index in [1.807, 2.05) is 11.4 Å². The minimum atomic E-state index is -3.67. The van der Waals surface area contributed by atoms with E-state index in [0.717, 1.165) is 15.4 Å². The molecular formula is C11H9BrFNO2S2. The SMILES string of the molecule is O=S(=O)(NCc1cc(Br)cs1)c1cccc(F)c1. The highest BCUT2D eigenvalue weighted by atomic mass is 79.9. The van der Waals surface area contributed by atoms with Crippen LogP contribution in [0.3, 0.4) is 0 Å². The lowest BCUT2D eigenvalue weighted by Crippen LogP contribution is -2.22. The van der Waals surface area contributed by atoms with E-state index in [-0.39, 0.29) is 11.4 Å². The number of sulfonamides is 1. The molecular weight excluding hydrogens is 341 g/mol. The molecule has 1 N–H and O–H groups in total. The molecule has 3 nitrogen and oxygen atoms in total. The molecule has 2 rings (SSSR count). The molecule has 0 fully saturated rings. The summed E-state index contributed by atoms with van der Waals surface area (Å²) in [5.41, 5.74) is 0. The monoisotopic (exact) mass is 349 g/mol. The van der Waals surface area contributed by atoms with E-state index in [2.05, 4.69) is 20.7 Å². The molecule has 0 aliphatic heterocycles. The van der Waals surface area contributed by atoms with Crippen LogP contribution in [0, 0.1) is 5.82 Å². The van der Waals surface area contributed by atoms with Crippen LogP contribution in [-0.2, 0) is 16.6 Å². The molecule has 7 heteroatoms. The van der Waals surface area contributed by atoms with Crippen LogP contribution in [0.25, 0.3) is 0 Å². The zero-order chi connectivity index (χ0) is 13.2. The average Bonchev–Trinajstić information content (AvgIpc) is 2.73. The Balaban J connectivity index is 2.13. The summed E-state index contributed by atoms with van der Waals surface area (Å²) in [4.78, 5) is 0.806. The molecule has 1 aromatic carbocycles. The number of rotatable bonds is 4. The molecule has 0 saturated carbocycles. The third kappa shape index (κ3) is 3.38. The van der Waals surface area contributed by atoms with Gasteiger partial charge in [0.05, 0.1) is 4.90 Å². The van der Waals surface area contributed by atoms with Crippen molar-refractivity contribution in [3.05, 3.63) is 50.9 Å². The van der Waals surface area contributed by atoms with Crippen molar-refractivity contribution in [3.8, 4) is 0 Å². The van der Waals surface area contributed by atoms with Crippen LogP contribution < -0.4 is 4.72 Å². The first-order valence-electron chi connectivity index (χ1n) is 4.95. The number of hydrogen-bond donors (Lipinski definition) is 1. The van der Waals surface area contributed by atoms with Gasteiger partial charge in [0.2, 0.25) is 10.0 Å². The van der Waals surface area contributed by atoms with Crippen LogP contribution in [0.4, 0.5) is 4.39 Å². The lowest BCUT2D eigenvalue weighted by Gasteiger charge is -2.05. The fourth-order valence-corrected chi connectivity index (χ4v) is 3.85. The zero-order valence-corrected chi connectivity index (χ0v) is 12.3.